The van der Waals surface area contributed by atoms with Crippen molar-refractivity contribution in [3.8, 4) is 5.75 Å². The van der Waals surface area contributed by atoms with Gasteiger partial charge in [0.05, 0.1) is 12.5 Å². The monoisotopic (exact) mass is 354 g/mol. The molecule has 0 aromatic heterocycles. The Hall–Kier alpha value is -1.23. The second kappa shape index (κ2) is 10.6. The molecule has 2 rings (SSSR count). The predicted octanol–water partition coefficient (Wildman–Crippen LogP) is 6.00. The summed E-state index contributed by atoms with van der Waals surface area (Å²) in [7, 11) is 0. The molecule has 3 nitrogen and oxygen atoms in total. The van der Waals surface area contributed by atoms with E-state index in [1.165, 1.54) is 24.8 Å². The van der Waals surface area contributed by atoms with Gasteiger partial charge < -0.3 is 8.92 Å². The predicted molar refractivity (Wildman–Crippen MR) is 95.6 cm³/mol. The van der Waals surface area contributed by atoms with Crippen LogP contribution in [0.5, 0.6) is 5.75 Å². The third kappa shape index (κ3) is 6.00. The van der Waals surface area contributed by atoms with E-state index in [-0.39, 0.29) is 18.3 Å². The van der Waals surface area contributed by atoms with Crippen LogP contribution in [0.4, 0.5) is 3.89 Å². The highest BCUT2D eigenvalue weighted by Crippen LogP contribution is 2.37. The lowest BCUT2D eigenvalue weighted by Gasteiger charge is -2.27. The van der Waals surface area contributed by atoms with Crippen LogP contribution in [0.2, 0.25) is 0 Å². The summed E-state index contributed by atoms with van der Waals surface area (Å²) < 4.78 is 22.2. The van der Waals surface area contributed by atoms with Gasteiger partial charge in [0.2, 0.25) is 0 Å². The number of hydrogen-bond acceptors (Lipinski definition) is 4. The molecule has 1 fully saturated rings. The van der Waals surface area contributed by atoms with Gasteiger partial charge in [0.1, 0.15) is 5.75 Å². The third-order valence-electron chi connectivity index (χ3n) is 4.79. The molecule has 0 aliphatic heterocycles. The van der Waals surface area contributed by atoms with Crippen LogP contribution in [0, 0.1) is 5.92 Å². The zero-order valence-electron chi connectivity index (χ0n) is 14.3. The number of halogens is 1. The normalized spacial score (nSPS) is 20.6. The molecule has 134 valence electrons. The number of carbonyl (C=O) groups is 1. The minimum Gasteiger partial charge on any atom is -0.494 e. The molecule has 0 radical (unpaired) electrons. The molecular formula is C19H27FO3S. The Kier molecular flexibility index (Phi) is 8.43. The minimum atomic E-state index is -0.423. The van der Waals surface area contributed by atoms with E-state index < -0.39 is 5.97 Å². The van der Waals surface area contributed by atoms with E-state index in [2.05, 4.69) is 23.2 Å². The minimum absolute atomic E-state index is 0.157. The summed E-state index contributed by atoms with van der Waals surface area (Å²) in [5, 5.41) is 0. The van der Waals surface area contributed by atoms with Gasteiger partial charge in [-0.1, -0.05) is 38.3 Å². The maximum Gasteiger partial charge on any atom is 0.323 e. The third-order valence-corrected chi connectivity index (χ3v) is 5.02. The van der Waals surface area contributed by atoms with E-state index in [9.17, 15) is 8.68 Å². The summed E-state index contributed by atoms with van der Waals surface area (Å²) in [6, 6.07) is 8.33. The van der Waals surface area contributed by atoms with Crippen LogP contribution < -0.4 is 4.74 Å². The van der Waals surface area contributed by atoms with E-state index in [1.54, 1.807) is 0 Å². The van der Waals surface area contributed by atoms with Crippen molar-refractivity contribution in [1.29, 1.82) is 0 Å². The van der Waals surface area contributed by atoms with E-state index in [1.807, 2.05) is 12.1 Å². The molecule has 24 heavy (non-hydrogen) atoms. The number of carbonyl (C=O) groups excluding carboxylic acids is 1. The fraction of sp³-hybridized carbons (Fsp3) is 0.632. The molecule has 0 bridgehead atoms. The molecule has 1 aromatic carbocycles. The second-order valence-electron chi connectivity index (χ2n) is 6.49. The highest BCUT2D eigenvalue weighted by Gasteiger charge is 2.28. The molecular weight excluding hydrogens is 327 g/mol. The lowest BCUT2D eigenvalue weighted by Crippen LogP contribution is -2.21. The molecule has 0 N–H and O–H groups in total. The largest absolute Gasteiger partial charge is 0.494 e. The van der Waals surface area contributed by atoms with E-state index >= 15 is 0 Å². The Bertz CT molecular complexity index is 484. The van der Waals surface area contributed by atoms with Crippen molar-refractivity contribution in [3.63, 3.8) is 0 Å². The molecule has 5 heteroatoms. The molecule has 0 heterocycles. The summed E-state index contributed by atoms with van der Waals surface area (Å²) in [6.45, 7) is 2.98. The molecule has 0 amide bonds. The molecule has 0 atom stereocenters. The first-order valence-corrected chi connectivity index (χ1v) is 9.60. The van der Waals surface area contributed by atoms with E-state index in [0.29, 0.717) is 5.92 Å². The number of ether oxygens (including phenoxy) is 1. The van der Waals surface area contributed by atoms with Crippen LogP contribution >= 0.6 is 12.4 Å². The van der Waals surface area contributed by atoms with Crippen LogP contribution in [0.3, 0.4) is 0 Å². The fourth-order valence-electron chi connectivity index (χ4n) is 3.32. The van der Waals surface area contributed by atoms with Crippen LogP contribution in [-0.2, 0) is 8.98 Å². The van der Waals surface area contributed by atoms with Crippen molar-refractivity contribution < 1.29 is 17.6 Å². The Morgan fingerprint density at radius 1 is 1.12 bits per heavy atom. The Morgan fingerprint density at radius 3 is 2.46 bits per heavy atom. The standard InChI is InChI=1S/C19H27FO3S/c1-2-3-4-5-14-22-18-12-10-16(11-13-18)15-6-8-17(9-7-15)19(21)23-24-20/h10-13,15,17H,2-9,14H2,1H3. The van der Waals surface area contributed by atoms with Crippen LogP contribution in [0.1, 0.15) is 69.8 Å². The van der Waals surface area contributed by atoms with Crippen LogP contribution in [0.15, 0.2) is 24.3 Å². The van der Waals surface area contributed by atoms with Crippen molar-refractivity contribution in [2.45, 2.75) is 64.2 Å². The molecule has 1 aliphatic carbocycles. The number of benzene rings is 1. The van der Waals surface area contributed by atoms with Crippen molar-refractivity contribution in [3.05, 3.63) is 29.8 Å². The lowest BCUT2D eigenvalue weighted by atomic mass is 9.79. The number of unbranched alkanes of at least 4 members (excludes halogenated alkanes) is 3. The first-order chi connectivity index (χ1) is 11.7. The van der Waals surface area contributed by atoms with Gasteiger partial charge in [0.25, 0.3) is 12.4 Å². The van der Waals surface area contributed by atoms with Crippen molar-refractivity contribution in [2.24, 2.45) is 5.92 Å². The Labute approximate surface area is 148 Å². The molecule has 0 spiro atoms. The topological polar surface area (TPSA) is 35.5 Å². The number of hydrogen-bond donors (Lipinski definition) is 0. The van der Waals surface area contributed by atoms with Gasteiger partial charge >= 0.3 is 5.97 Å². The Balaban J connectivity index is 1.74. The first-order valence-electron chi connectivity index (χ1n) is 8.96. The Morgan fingerprint density at radius 2 is 1.83 bits per heavy atom. The molecule has 1 aliphatic rings. The summed E-state index contributed by atoms with van der Waals surface area (Å²) in [4.78, 5) is 11.6. The van der Waals surface area contributed by atoms with Gasteiger partial charge in [-0.05, 0) is 55.7 Å². The van der Waals surface area contributed by atoms with Crippen molar-refractivity contribution in [1.82, 2.24) is 0 Å². The van der Waals surface area contributed by atoms with E-state index in [0.717, 1.165) is 44.5 Å². The zero-order chi connectivity index (χ0) is 17.2. The smallest absolute Gasteiger partial charge is 0.323 e. The number of rotatable bonds is 9. The van der Waals surface area contributed by atoms with Gasteiger partial charge in [-0.3, -0.25) is 4.79 Å². The molecule has 1 saturated carbocycles. The maximum atomic E-state index is 12.0. The van der Waals surface area contributed by atoms with Crippen molar-refractivity contribution in [2.75, 3.05) is 6.61 Å². The van der Waals surface area contributed by atoms with Gasteiger partial charge in [-0.2, -0.15) is 0 Å². The SMILES string of the molecule is CCCCCCOc1ccc(C2CCC(C(=O)OSF)CC2)cc1. The second-order valence-corrected chi connectivity index (χ2v) is 6.78. The van der Waals surface area contributed by atoms with E-state index in [4.69, 9.17) is 4.74 Å². The van der Waals surface area contributed by atoms with Crippen LogP contribution in [0.25, 0.3) is 0 Å². The summed E-state index contributed by atoms with van der Waals surface area (Å²) in [5.41, 5.74) is 1.29. The zero-order valence-corrected chi connectivity index (χ0v) is 15.2. The van der Waals surface area contributed by atoms with Gasteiger partial charge in [-0.15, -0.1) is 3.89 Å². The highest BCUT2D eigenvalue weighted by molar-refractivity contribution is 7.89. The van der Waals surface area contributed by atoms with Crippen molar-refractivity contribution >= 4 is 18.4 Å². The van der Waals surface area contributed by atoms with Gasteiger partial charge in [0.15, 0.2) is 0 Å². The maximum absolute atomic E-state index is 12.0. The van der Waals surface area contributed by atoms with Gasteiger partial charge in [0, 0.05) is 0 Å². The average Bonchev–Trinajstić information content (AvgIpc) is 2.62. The van der Waals surface area contributed by atoms with Crippen LogP contribution in [-0.4, -0.2) is 12.6 Å². The lowest BCUT2D eigenvalue weighted by molar-refractivity contribution is -0.138. The first kappa shape index (κ1) is 19.1. The molecule has 0 unspecified atom stereocenters. The quantitative estimate of drug-likeness (QED) is 0.403. The molecule has 1 aromatic rings. The fourth-order valence-corrected chi connectivity index (χ4v) is 3.51. The average molecular weight is 354 g/mol. The summed E-state index contributed by atoms with van der Waals surface area (Å²) in [6.07, 6.45) is 8.24. The van der Waals surface area contributed by atoms with Gasteiger partial charge in [-0.25, -0.2) is 0 Å². The summed E-state index contributed by atoms with van der Waals surface area (Å²) >= 11 is -0.351. The molecule has 0 saturated heterocycles. The highest BCUT2D eigenvalue weighted by atomic mass is 32.2. The summed E-state index contributed by atoms with van der Waals surface area (Å²) in [5.74, 6) is 0.807.